The van der Waals surface area contributed by atoms with Crippen LogP contribution in [0.1, 0.15) is 0 Å². The first kappa shape index (κ1) is 12.1. The summed E-state index contributed by atoms with van der Waals surface area (Å²) in [6.45, 7) is 0. The molecular formula is C9H12BrNOS2. The molecule has 0 saturated heterocycles. The minimum absolute atomic E-state index is 0.604. The van der Waals surface area contributed by atoms with Crippen LogP contribution in [0, 0.1) is 0 Å². The Morgan fingerprint density at radius 2 is 2.29 bits per heavy atom. The van der Waals surface area contributed by atoms with Gasteiger partial charge in [0.25, 0.3) is 0 Å². The molecule has 0 amide bonds. The first-order chi connectivity index (χ1) is 6.65. The summed E-state index contributed by atoms with van der Waals surface area (Å²) in [5.41, 5.74) is 6.35. The van der Waals surface area contributed by atoms with Gasteiger partial charge in [-0.2, -0.15) is 11.8 Å². The Kier molecular flexibility index (Phi) is 4.98. The second-order valence-corrected chi connectivity index (χ2v) is 6.16. The molecule has 2 N–H and O–H groups in total. The molecule has 0 aliphatic heterocycles. The van der Waals surface area contributed by atoms with Gasteiger partial charge in [-0.15, -0.1) is 0 Å². The van der Waals surface area contributed by atoms with Gasteiger partial charge >= 0.3 is 0 Å². The highest BCUT2D eigenvalue weighted by molar-refractivity contribution is 9.10. The Morgan fingerprint density at radius 1 is 1.57 bits per heavy atom. The van der Waals surface area contributed by atoms with Crippen molar-refractivity contribution >= 4 is 44.2 Å². The smallest absolute Gasteiger partial charge is 0.0628 e. The van der Waals surface area contributed by atoms with E-state index < -0.39 is 10.8 Å². The maximum absolute atomic E-state index is 11.8. The average Bonchev–Trinajstić information content (AvgIpc) is 2.18. The molecule has 0 aliphatic rings. The maximum atomic E-state index is 11.8. The molecule has 0 aromatic heterocycles. The molecule has 0 spiro atoms. The van der Waals surface area contributed by atoms with Crippen molar-refractivity contribution in [3.63, 3.8) is 0 Å². The number of benzene rings is 1. The summed E-state index contributed by atoms with van der Waals surface area (Å²) in [5.74, 6) is 1.54. The Balaban J connectivity index is 2.83. The Bertz CT molecular complexity index is 344. The molecule has 1 atom stereocenters. The number of halogens is 1. The van der Waals surface area contributed by atoms with E-state index in [9.17, 15) is 4.21 Å². The predicted molar refractivity (Wildman–Crippen MR) is 68.2 cm³/mol. The van der Waals surface area contributed by atoms with Gasteiger partial charge < -0.3 is 5.73 Å². The fourth-order valence-electron chi connectivity index (χ4n) is 0.974. The second kappa shape index (κ2) is 5.78. The van der Waals surface area contributed by atoms with E-state index in [1.807, 2.05) is 18.4 Å². The van der Waals surface area contributed by atoms with Crippen LogP contribution in [0.15, 0.2) is 27.6 Å². The Morgan fingerprint density at radius 3 is 2.93 bits per heavy atom. The van der Waals surface area contributed by atoms with Crippen LogP contribution in [-0.4, -0.2) is 22.0 Å². The van der Waals surface area contributed by atoms with E-state index in [0.717, 1.165) is 15.1 Å². The lowest BCUT2D eigenvalue weighted by atomic mass is 10.3. The van der Waals surface area contributed by atoms with Gasteiger partial charge in [-0.3, -0.25) is 4.21 Å². The number of hydrogen-bond donors (Lipinski definition) is 1. The molecule has 14 heavy (non-hydrogen) atoms. The lowest BCUT2D eigenvalue weighted by Gasteiger charge is -2.05. The standard InChI is InChI=1S/C9H12BrNOS2/c1-13-4-5-14(12)9-6-7(10)2-3-8(9)11/h2-3,6H,4-5,11H2,1H3. The van der Waals surface area contributed by atoms with Crippen LogP contribution in [0.2, 0.25) is 0 Å². The molecule has 0 heterocycles. The van der Waals surface area contributed by atoms with Crippen LogP contribution in [0.3, 0.4) is 0 Å². The van der Waals surface area contributed by atoms with Crippen molar-refractivity contribution in [1.82, 2.24) is 0 Å². The molecule has 0 bridgehead atoms. The summed E-state index contributed by atoms with van der Waals surface area (Å²) in [6.07, 6.45) is 2.00. The largest absolute Gasteiger partial charge is 0.398 e. The van der Waals surface area contributed by atoms with E-state index in [1.165, 1.54) is 0 Å². The van der Waals surface area contributed by atoms with Gasteiger partial charge in [0, 0.05) is 21.7 Å². The van der Waals surface area contributed by atoms with Crippen molar-refractivity contribution in [2.24, 2.45) is 0 Å². The minimum atomic E-state index is -0.981. The summed E-state index contributed by atoms with van der Waals surface area (Å²) in [7, 11) is -0.981. The van der Waals surface area contributed by atoms with Crippen molar-refractivity contribution in [1.29, 1.82) is 0 Å². The van der Waals surface area contributed by atoms with Crippen molar-refractivity contribution in [3.8, 4) is 0 Å². The molecule has 0 aliphatic carbocycles. The van der Waals surface area contributed by atoms with E-state index in [1.54, 1.807) is 17.8 Å². The number of rotatable bonds is 4. The van der Waals surface area contributed by atoms with Crippen LogP contribution in [0.5, 0.6) is 0 Å². The van der Waals surface area contributed by atoms with E-state index in [0.29, 0.717) is 11.4 Å². The first-order valence-corrected chi connectivity index (χ1v) is 7.58. The van der Waals surface area contributed by atoms with Gasteiger partial charge in [0.2, 0.25) is 0 Å². The summed E-state index contributed by atoms with van der Waals surface area (Å²) in [5, 5.41) is 0. The predicted octanol–water partition coefficient (Wildman–Crippen LogP) is 2.50. The van der Waals surface area contributed by atoms with Crippen molar-refractivity contribution in [3.05, 3.63) is 22.7 Å². The van der Waals surface area contributed by atoms with E-state index in [4.69, 9.17) is 5.73 Å². The topological polar surface area (TPSA) is 43.1 Å². The van der Waals surface area contributed by atoms with Gasteiger partial charge in [-0.05, 0) is 24.5 Å². The van der Waals surface area contributed by atoms with Gasteiger partial charge in [-0.1, -0.05) is 15.9 Å². The summed E-state index contributed by atoms with van der Waals surface area (Å²) in [6, 6.07) is 5.45. The zero-order valence-corrected chi connectivity index (χ0v) is 11.0. The van der Waals surface area contributed by atoms with Gasteiger partial charge in [-0.25, -0.2) is 0 Å². The molecule has 1 aromatic rings. The monoisotopic (exact) mass is 293 g/mol. The molecule has 1 unspecified atom stereocenters. The summed E-state index contributed by atoms with van der Waals surface area (Å²) in [4.78, 5) is 0.730. The number of thioether (sulfide) groups is 1. The van der Waals surface area contributed by atoms with Crippen LogP contribution in [0.25, 0.3) is 0 Å². The first-order valence-electron chi connectivity index (χ1n) is 4.07. The highest BCUT2D eigenvalue weighted by Crippen LogP contribution is 2.22. The van der Waals surface area contributed by atoms with Gasteiger partial charge in [0.1, 0.15) is 0 Å². The average molecular weight is 294 g/mol. The number of nitrogen functional groups attached to an aromatic ring is 1. The second-order valence-electron chi connectivity index (χ2n) is 2.72. The zero-order chi connectivity index (χ0) is 10.6. The van der Waals surface area contributed by atoms with Crippen molar-refractivity contribution in [2.75, 3.05) is 23.5 Å². The lowest BCUT2D eigenvalue weighted by Crippen LogP contribution is -2.03. The maximum Gasteiger partial charge on any atom is 0.0628 e. The normalized spacial score (nSPS) is 12.7. The van der Waals surface area contributed by atoms with Gasteiger partial charge in [0.15, 0.2) is 0 Å². The molecule has 2 nitrogen and oxygen atoms in total. The molecular weight excluding hydrogens is 282 g/mol. The zero-order valence-electron chi connectivity index (χ0n) is 7.83. The molecule has 78 valence electrons. The third-order valence-electron chi connectivity index (χ3n) is 1.69. The lowest BCUT2D eigenvalue weighted by molar-refractivity contribution is 0.684. The highest BCUT2D eigenvalue weighted by Gasteiger charge is 2.07. The molecule has 1 aromatic carbocycles. The third-order valence-corrected chi connectivity index (χ3v) is 4.48. The van der Waals surface area contributed by atoms with Gasteiger partial charge in [0.05, 0.1) is 15.7 Å². The van der Waals surface area contributed by atoms with Crippen LogP contribution < -0.4 is 5.73 Å². The minimum Gasteiger partial charge on any atom is -0.398 e. The summed E-state index contributed by atoms with van der Waals surface area (Å²) < 4.78 is 12.7. The van der Waals surface area contributed by atoms with Crippen LogP contribution in [0.4, 0.5) is 5.69 Å². The summed E-state index contributed by atoms with van der Waals surface area (Å²) >= 11 is 5.03. The molecule has 0 saturated carbocycles. The fourth-order valence-corrected chi connectivity index (χ4v) is 3.57. The van der Waals surface area contributed by atoms with Crippen molar-refractivity contribution in [2.45, 2.75) is 4.90 Å². The molecule has 0 fully saturated rings. The fraction of sp³-hybridized carbons (Fsp3) is 0.333. The molecule has 0 radical (unpaired) electrons. The SMILES string of the molecule is CSCCS(=O)c1cc(Br)ccc1N. The highest BCUT2D eigenvalue weighted by atomic mass is 79.9. The quantitative estimate of drug-likeness (QED) is 0.868. The number of anilines is 1. The number of hydrogen-bond acceptors (Lipinski definition) is 3. The van der Waals surface area contributed by atoms with E-state index in [-0.39, 0.29) is 0 Å². The van der Waals surface area contributed by atoms with Crippen molar-refractivity contribution < 1.29 is 4.21 Å². The van der Waals surface area contributed by atoms with E-state index >= 15 is 0 Å². The Labute approximate surface area is 99.2 Å². The van der Waals surface area contributed by atoms with E-state index in [2.05, 4.69) is 15.9 Å². The van der Waals surface area contributed by atoms with Crippen LogP contribution in [-0.2, 0) is 10.8 Å². The van der Waals surface area contributed by atoms with Crippen LogP contribution >= 0.6 is 27.7 Å². The number of nitrogens with two attached hydrogens (primary N) is 1. The third kappa shape index (κ3) is 3.29. The molecule has 1 rings (SSSR count). The molecule has 5 heteroatoms. The Hall–Kier alpha value is -0.000000000000000167.